The molecule has 1 amide bonds. The molecule has 10 heteroatoms. The maximum Gasteiger partial charge on any atom is 0.410 e. The zero-order chi connectivity index (χ0) is 23.6. The highest BCUT2D eigenvalue weighted by Crippen LogP contribution is 2.28. The van der Waals surface area contributed by atoms with E-state index in [1.54, 1.807) is 17.3 Å². The van der Waals surface area contributed by atoms with E-state index < -0.39 is 5.60 Å². The fraction of sp³-hybridized carbons (Fsp3) is 0.478. The highest BCUT2D eigenvalue weighted by atomic mass is 35.5. The van der Waals surface area contributed by atoms with Crippen molar-refractivity contribution in [3.8, 4) is 0 Å². The zero-order valence-electron chi connectivity index (χ0n) is 19.4. The van der Waals surface area contributed by atoms with Crippen LogP contribution in [0.2, 0.25) is 5.02 Å². The van der Waals surface area contributed by atoms with Gasteiger partial charge in [0.25, 0.3) is 0 Å². The van der Waals surface area contributed by atoms with Gasteiger partial charge in [-0.3, -0.25) is 0 Å². The summed E-state index contributed by atoms with van der Waals surface area (Å²) in [6.07, 6.45) is 8.57. The Kier molecular flexibility index (Phi) is 6.60. The molecule has 1 aliphatic rings. The highest BCUT2D eigenvalue weighted by molar-refractivity contribution is 6.32. The first-order valence-corrected chi connectivity index (χ1v) is 11.6. The Labute approximate surface area is 198 Å². The van der Waals surface area contributed by atoms with Gasteiger partial charge in [0.2, 0.25) is 5.95 Å². The minimum atomic E-state index is -0.506. The Hall–Kier alpha value is -3.07. The zero-order valence-corrected chi connectivity index (χ0v) is 20.1. The number of anilines is 3. The number of piperidine rings is 1. The van der Waals surface area contributed by atoms with Gasteiger partial charge >= 0.3 is 6.09 Å². The summed E-state index contributed by atoms with van der Waals surface area (Å²) >= 11 is 6.41. The molecule has 3 aromatic heterocycles. The quantitative estimate of drug-likeness (QED) is 0.542. The maximum absolute atomic E-state index is 12.5. The Morgan fingerprint density at radius 1 is 1.30 bits per heavy atom. The number of carbonyl (C=O) groups excluding carboxylic acids is 1. The molecule has 2 N–H and O–H groups in total. The number of halogens is 1. The summed E-state index contributed by atoms with van der Waals surface area (Å²) in [6, 6.07) is 3.99. The van der Waals surface area contributed by atoms with Crippen LogP contribution in [0.15, 0.2) is 36.9 Å². The summed E-state index contributed by atoms with van der Waals surface area (Å²) in [4.78, 5) is 27.5. The molecule has 4 heterocycles. The first-order valence-electron chi connectivity index (χ1n) is 11.2. The largest absolute Gasteiger partial charge is 0.444 e. The normalized spacial score (nSPS) is 18.9. The summed E-state index contributed by atoms with van der Waals surface area (Å²) in [5.41, 5.74) is 1.15. The molecule has 176 valence electrons. The van der Waals surface area contributed by atoms with Crippen LogP contribution in [0, 0.1) is 5.92 Å². The van der Waals surface area contributed by atoms with E-state index in [1.165, 1.54) is 0 Å². The average molecular weight is 472 g/mol. The van der Waals surface area contributed by atoms with Crippen LogP contribution in [-0.2, 0) is 4.74 Å². The van der Waals surface area contributed by atoms with E-state index in [9.17, 15) is 4.79 Å². The molecule has 1 aliphatic heterocycles. The smallest absolute Gasteiger partial charge is 0.410 e. The second kappa shape index (κ2) is 9.43. The lowest BCUT2D eigenvalue weighted by atomic mass is 9.90. The predicted molar refractivity (Wildman–Crippen MR) is 129 cm³/mol. The Bertz CT molecular complexity index is 1130. The van der Waals surface area contributed by atoms with E-state index in [4.69, 9.17) is 16.3 Å². The third-order valence-corrected chi connectivity index (χ3v) is 5.91. The van der Waals surface area contributed by atoms with Gasteiger partial charge in [-0.15, -0.1) is 0 Å². The molecule has 1 fully saturated rings. The lowest BCUT2D eigenvalue weighted by Gasteiger charge is -2.39. The predicted octanol–water partition coefficient (Wildman–Crippen LogP) is 4.97. The Morgan fingerprint density at radius 2 is 2.12 bits per heavy atom. The van der Waals surface area contributed by atoms with Crippen LogP contribution in [-0.4, -0.2) is 55.1 Å². The van der Waals surface area contributed by atoms with E-state index in [0.29, 0.717) is 29.9 Å². The second-order valence-electron chi connectivity index (χ2n) is 9.26. The summed E-state index contributed by atoms with van der Waals surface area (Å²) in [6.45, 7) is 9.01. The lowest BCUT2D eigenvalue weighted by molar-refractivity contribution is 0.0153. The van der Waals surface area contributed by atoms with Crippen molar-refractivity contribution in [3.05, 3.63) is 41.9 Å². The third kappa shape index (κ3) is 5.65. The number of hydrogen-bond acceptors (Lipinski definition) is 7. The number of pyridine rings is 1. The molecule has 0 aromatic carbocycles. The van der Waals surface area contributed by atoms with Crippen molar-refractivity contribution < 1.29 is 9.53 Å². The highest BCUT2D eigenvalue weighted by Gasteiger charge is 2.33. The number of hydrogen-bond donors (Lipinski definition) is 2. The minimum Gasteiger partial charge on any atom is -0.444 e. The van der Waals surface area contributed by atoms with Crippen LogP contribution in [0.4, 0.5) is 22.2 Å². The molecule has 33 heavy (non-hydrogen) atoms. The number of aromatic nitrogens is 4. The van der Waals surface area contributed by atoms with Gasteiger partial charge in [-0.2, -0.15) is 4.98 Å². The number of likely N-dealkylation sites (tertiary alicyclic amines) is 1. The number of amides is 1. The molecular formula is C23H30ClN7O2. The fourth-order valence-electron chi connectivity index (χ4n) is 3.95. The first kappa shape index (κ1) is 23.1. The molecule has 0 bridgehead atoms. The van der Waals surface area contributed by atoms with E-state index in [1.807, 2.05) is 49.7 Å². The van der Waals surface area contributed by atoms with Crippen molar-refractivity contribution in [2.24, 2.45) is 5.92 Å². The van der Waals surface area contributed by atoms with Gasteiger partial charge in [0.15, 0.2) is 5.82 Å². The van der Waals surface area contributed by atoms with Crippen LogP contribution >= 0.6 is 11.6 Å². The van der Waals surface area contributed by atoms with Gasteiger partial charge in [0.1, 0.15) is 16.3 Å². The molecule has 3 aromatic rings. The molecule has 0 radical (unpaired) electrons. The summed E-state index contributed by atoms with van der Waals surface area (Å²) < 4.78 is 7.47. The van der Waals surface area contributed by atoms with Gasteiger partial charge in [0.05, 0.1) is 6.20 Å². The van der Waals surface area contributed by atoms with Crippen molar-refractivity contribution in [3.63, 3.8) is 0 Å². The van der Waals surface area contributed by atoms with E-state index >= 15 is 0 Å². The minimum absolute atomic E-state index is 0.134. The molecule has 0 saturated carbocycles. The fourth-order valence-corrected chi connectivity index (χ4v) is 4.10. The topological polar surface area (TPSA) is 96.7 Å². The number of nitrogens with one attached hydrogen (secondary N) is 2. The SMILES string of the molecule is CCC1CN(C(=O)OC(C)(C)C)CCC1Nc1nc(Nc2ccn3ccnc3c2)ncc1Cl. The molecule has 9 nitrogen and oxygen atoms in total. The molecular weight excluding hydrogens is 442 g/mol. The molecule has 4 rings (SSSR count). The van der Waals surface area contributed by atoms with Gasteiger partial charge in [-0.05, 0) is 45.6 Å². The van der Waals surface area contributed by atoms with Crippen LogP contribution in [0.3, 0.4) is 0 Å². The number of fused-ring (bicyclic) bond motifs is 1. The molecule has 1 saturated heterocycles. The van der Waals surface area contributed by atoms with Crippen molar-refractivity contribution in [1.29, 1.82) is 0 Å². The van der Waals surface area contributed by atoms with Crippen LogP contribution in [0.25, 0.3) is 5.65 Å². The van der Waals surface area contributed by atoms with Crippen molar-refractivity contribution in [2.45, 2.75) is 52.2 Å². The third-order valence-electron chi connectivity index (χ3n) is 5.63. The summed E-state index contributed by atoms with van der Waals surface area (Å²) in [5.74, 6) is 1.26. The summed E-state index contributed by atoms with van der Waals surface area (Å²) in [7, 11) is 0. The van der Waals surface area contributed by atoms with Gasteiger partial charge < -0.3 is 24.7 Å². The maximum atomic E-state index is 12.5. The Balaban J connectivity index is 1.44. The number of ether oxygens (including phenoxy) is 1. The van der Waals surface area contributed by atoms with E-state index in [-0.39, 0.29) is 18.1 Å². The van der Waals surface area contributed by atoms with Crippen LogP contribution < -0.4 is 10.6 Å². The van der Waals surface area contributed by atoms with Gasteiger partial charge in [-0.25, -0.2) is 14.8 Å². The Morgan fingerprint density at radius 3 is 2.88 bits per heavy atom. The number of nitrogens with zero attached hydrogens (tertiary/aromatic N) is 5. The standard InChI is InChI=1S/C23H30ClN7O2/c1-5-15-14-31(22(32)33-23(2,3)4)10-7-18(15)28-20-17(24)13-26-21(29-20)27-16-6-9-30-11-8-25-19(30)12-16/h6,8-9,11-13,15,18H,5,7,10,14H2,1-4H3,(H2,26,27,28,29). The monoisotopic (exact) mass is 471 g/mol. The first-order chi connectivity index (χ1) is 15.7. The van der Waals surface area contributed by atoms with E-state index in [2.05, 4.69) is 32.5 Å². The van der Waals surface area contributed by atoms with Gasteiger partial charge in [-0.1, -0.05) is 18.5 Å². The molecule has 2 unspecified atom stereocenters. The van der Waals surface area contributed by atoms with Gasteiger partial charge in [0, 0.05) is 49.5 Å². The lowest BCUT2D eigenvalue weighted by Crippen LogP contribution is -2.49. The summed E-state index contributed by atoms with van der Waals surface area (Å²) in [5, 5.41) is 7.16. The molecule has 2 atom stereocenters. The second-order valence-corrected chi connectivity index (χ2v) is 9.66. The van der Waals surface area contributed by atoms with Crippen LogP contribution in [0.5, 0.6) is 0 Å². The van der Waals surface area contributed by atoms with E-state index in [0.717, 1.165) is 24.2 Å². The molecule has 0 aliphatic carbocycles. The van der Waals surface area contributed by atoms with Crippen molar-refractivity contribution in [2.75, 3.05) is 23.7 Å². The van der Waals surface area contributed by atoms with Crippen LogP contribution in [0.1, 0.15) is 40.5 Å². The number of rotatable bonds is 5. The average Bonchev–Trinajstić information content (AvgIpc) is 3.23. The van der Waals surface area contributed by atoms with Crippen molar-refractivity contribution in [1.82, 2.24) is 24.3 Å². The molecule has 0 spiro atoms. The number of imidazole rings is 1. The number of carbonyl (C=O) groups is 1. The van der Waals surface area contributed by atoms with Crippen molar-refractivity contribution >= 4 is 40.8 Å².